The number of nitrogens with zero attached hydrogens (tertiary/aromatic N) is 3. The maximum atomic E-state index is 12.8. The van der Waals surface area contributed by atoms with E-state index in [1.807, 2.05) is 71.4 Å². The molecule has 0 radical (unpaired) electrons. The Hall–Kier alpha value is -3.93. The molecule has 1 aliphatic rings. The lowest BCUT2D eigenvalue weighted by molar-refractivity contribution is -0.117. The highest BCUT2D eigenvalue weighted by molar-refractivity contribution is 6.05. The van der Waals surface area contributed by atoms with Crippen molar-refractivity contribution in [1.29, 1.82) is 0 Å². The maximum absolute atomic E-state index is 12.8. The van der Waals surface area contributed by atoms with Gasteiger partial charge in [-0.25, -0.2) is 4.98 Å². The molecule has 0 unspecified atom stereocenters. The van der Waals surface area contributed by atoms with E-state index in [1.165, 1.54) is 0 Å². The van der Waals surface area contributed by atoms with Gasteiger partial charge in [-0.1, -0.05) is 12.1 Å². The second-order valence-corrected chi connectivity index (χ2v) is 7.34. The number of fused-ring (bicyclic) bond motifs is 1. The molecule has 0 spiro atoms. The summed E-state index contributed by atoms with van der Waals surface area (Å²) in [5, 5.41) is 2.93. The summed E-state index contributed by atoms with van der Waals surface area (Å²) < 4.78 is 1.94. The third-order valence-corrected chi connectivity index (χ3v) is 5.37. The minimum atomic E-state index is -0.177. The summed E-state index contributed by atoms with van der Waals surface area (Å²) in [4.78, 5) is 30.8. The number of hydrogen-bond donors (Lipinski definition) is 1. The van der Waals surface area contributed by atoms with Gasteiger partial charge < -0.3 is 14.6 Å². The fraction of sp³-hybridized carbons (Fsp3) is 0.125. The highest BCUT2D eigenvalue weighted by Gasteiger charge is 2.21. The normalized spacial score (nSPS) is 13.7. The Morgan fingerprint density at radius 2 is 1.80 bits per heavy atom. The number of hydrogen-bond acceptors (Lipinski definition) is 3. The molecule has 0 aliphatic carbocycles. The molecule has 2 aromatic carbocycles. The molecule has 1 N–H and O–H groups in total. The van der Waals surface area contributed by atoms with Crippen molar-refractivity contribution in [3.63, 3.8) is 0 Å². The fourth-order valence-electron chi connectivity index (χ4n) is 3.78. The van der Waals surface area contributed by atoms with E-state index in [2.05, 4.69) is 10.3 Å². The Labute approximate surface area is 173 Å². The summed E-state index contributed by atoms with van der Waals surface area (Å²) in [5.74, 6) is -0.0270. The van der Waals surface area contributed by atoms with E-state index in [1.54, 1.807) is 17.2 Å². The maximum Gasteiger partial charge on any atom is 0.255 e. The number of imidazole rings is 1. The predicted octanol–water partition coefficient (Wildman–Crippen LogP) is 4.38. The van der Waals surface area contributed by atoms with E-state index in [-0.39, 0.29) is 11.8 Å². The summed E-state index contributed by atoms with van der Waals surface area (Å²) in [7, 11) is 0. The van der Waals surface area contributed by atoms with Crippen LogP contribution in [0.1, 0.15) is 23.2 Å². The second-order valence-electron chi connectivity index (χ2n) is 7.34. The number of pyridine rings is 1. The molecule has 1 fully saturated rings. The number of anilines is 2. The van der Waals surface area contributed by atoms with Crippen LogP contribution in [0.4, 0.5) is 11.4 Å². The van der Waals surface area contributed by atoms with Gasteiger partial charge in [0.05, 0.1) is 0 Å². The van der Waals surface area contributed by atoms with Crippen molar-refractivity contribution < 1.29 is 9.59 Å². The molecule has 0 bridgehead atoms. The smallest absolute Gasteiger partial charge is 0.255 e. The van der Waals surface area contributed by atoms with Gasteiger partial charge in [0, 0.05) is 48.5 Å². The lowest BCUT2D eigenvalue weighted by Crippen LogP contribution is -2.23. The van der Waals surface area contributed by atoms with E-state index in [4.69, 9.17) is 0 Å². The Kier molecular flexibility index (Phi) is 4.52. The molecule has 2 amide bonds. The average molecular weight is 396 g/mol. The first kappa shape index (κ1) is 18.1. The van der Waals surface area contributed by atoms with E-state index in [9.17, 15) is 9.59 Å². The van der Waals surface area contributed by atoms with E-state index < -0.39 is 0 Å². The standard InChI is InChI=1S/C24H20N4O2/c29-23-5-2-12-28(23)21-8-6-20(7-9-21)26-24(30)19-4-1-3-17(15-19)18-10-13-27-14-11-25-22(27)16-18/h1,3-4,6-11,13-16H,2,5,12H2,(H,26,30). The first-order valence-corrected chi connectivity index (χ1v) is 9.92. The number of benzene rings is 2. The van der Waals surface area contributed by atoms with Crippen molar-refractivity contribution in [2.75, 3.05) is 16.8 Å². The summed E-state index contributed by atoms with van der Waals surface area (Å²) >= 11 is 0. The molecule has 2 aromatic heterocycles. The highest BCUT2D eigenvalue weighted by atomic mass is 16.2. The first-order chi connectivity index (χ1) is 14.7. The molecule has 30 heavy (non-hydrogen) atoms. The van der Waals surface area contributed by atoms with Crippen LogP contribution in [0.5, 0.6) is 0 Å². The highest BCUT2D eigenvalue weighted by Crippen LogP contribution is 2.24. The zero-order valence-corrected chi connectivity index (χ0v) is 16.3. The minimum Gasteiger partial charge on any atom is -0.322 e. The summed E-state index contributed by atoms with van der Waals surface area (Å²) in [6.07, 6.45) is 7.10. The number of nitrogens with one attached hydrogen (secondary N) is 1. The molecule has 1 saturated heterocycles. The molecule has 0 saturated carbocycles. The molecule has 4 aromatic rings. The quantitative estimate of drug-likeness (QED) is 0.557. The van der Waals surface area contributed by atoms with E-state index in [0.717, 1.165) is 35.4 Å². The summed E-state index contributed by atoms with van der Waals surface area (Å²) in [6, 6.07) is 18.9. The van der Waals surface area contributed by atoms with Gasteiger partial charge >= 0.3 is 0 Å². The molecule has 148 valence electrons. The largest absolute Gasteiger partial charge is 0.322 e. The van der Waals surface area contributed by atoms with Crippen LogP contribution in [0.3, 0.4) is 0 Å². The molecule has 0 atom stereocenters. The monoisotopic (exact) mass is 396 g/mol. The predicted molar refractivity (Wildman–Crippen MR) is 117 cm³/mol. The average Bonchev–Trinajstić information content (AvgIpc) is 3.42. The minimum absolute atomic E-state index is 0.150. The third kappa shape index (κ3) is 3.43. The summed E-state index contributed by atoms with van der Waals surface area (Å²) in [6.45, 7) is 0.752. The molecule has 5 rings (SSSR count). The summed E-state index contributed by atoms with van der Waals surface area (Å²) in [5.41, 5.74) is 4.96. The van der Waals surface area contributed by atoms with Crippen LogP contribution >= 0.6 is 0 Å². The number of amides is 2. The van der Waals surface area contributed by atoms with E-state index >= 15 is 0 Å². The van der Waals surface area contributed by atoms with Gasteiger partial charge in [-0.15, -0.1) is 0 Å². The van der Waals surface area contributed by atoms with Gasteiger partial charge in [0.1, 0.15) is 5.65 Å². The second kappa shape index (κ2) is 7.48. The van der Waals surface area contributed by atoms with Crippen LogP contribution in [0, 0.1) is 0 Å². The Bertz CT molecular complexity index is 1240. The Morgan fingerprint density at radius 1 is 0.967 bits per heavy atom. The number of aromatic nitrogens is 2. The van der Waals surface area contributed by atoms with Crippen molar-refractivity contribution in [3.8, 4) is 11.1 Å². The van der Waals surface area contributed by atoms with Crippen molar-refractivity contribution in [3.05, 3.63) is 84.8 Å². The fourth-order valence-corrected chi connectivity index (χ4v) is 3.78. The Balaban J connectivity index is 1.34. The van der Waals surface area contributed by atoms with Gasteiger partial charge in [-0.2, -0.15) is 0 Å². The van der Waals surface area contributed by atoms with Gasteiger partial charge in [-0.05, 0) is 66.1 Å². The van der Waals surface area contributed by atoms with Crippen molar-refractivity contribution in [1.82, 2.24) is 9.38 Å². The molecular weight excluding hydrogens is 376 g/mol. The molecular formula is C24H20N4O2. The van der Waals surface area contributed by atoms with Crippen LogP contribution in [0.25, 0.3) is 16.8 Å². The lowest BCUT2D eigenvalue weighted by Gasteiger charge is -2.16. The third-order valence-electron chi connectivity index (χ3n) is 5.37. The van der Waals surface area contributed by atoms with Crippen LogP contribution < -0.4 is 10.2 Å². The van der Waals surface area contributed by atoms with Gasteiger partial charge in [0.25, 0.3) is 5.91 Å². The molecule has 1 aliphatic heterocycles. The SMILES string of the molecule is O=C(Nc1ccc(N2CCCC2=O)cc1)c1cccc(-c2ccn3ccnc3c2)c1. The van der Waals surface area contributed by atoms with Crippen LogP contribution in [0.15, 0.2) is 79.3 Å². The van der Waals surface area contributed by atoms with Gasteiger partial charge in [0.2, 0.25) is 5.91 Å². The van der Waals surface area contributed by atoms with Crippen LogP contribution in [-0.2, 0) is 4.79 Å². The van der Waals surface area contributed by atoms with Gasteiger partial charge in [-0.3, -0.25) is 9.59 Å². The Morgan fingerprint density at radius 3 is 2.60 bits per heavy atom. The zero-order valence-electron chi connectivity index (χ0n) is 16.3. The van der Waals surface area contributed by atoms with E-state index in [0.29, 0.717) is 17.7 Å². The number of carbonyl (C=O) groups is 2. The van der Waals surface area contributed by atoms with Crippen molar-refractivity contribution in [2.45, 2.75) is 12.8 Å². The number of rotatable bonds is 4. The van der Waals surface area contributed by atoms with Gasteiger partial charge in [0.15, 0.2) is 0 Å². The van der Waals surface area contributed by atoms with Crippen molar-refractivity contribution in [2.24, 2.45) is 0 Å². The van der Waals surface area contributed by atoms with Crippen LogP contribution in [-0.4, -0.2) is 27.7 Å². The first-order valence-electron chi connectivity index (χ1n) is 9.92. The molecule has 3 heterocycles. The number of carbonyl (C=O) groups excluding carboxylic acids is 2. The lowest BCUT2D eigenvalue weighted by atomic mass is 10.0. The van der Waals surface area contributed by atoms with Crippen molar-refractivity contribution >= 4 is 28.8 Å². The topological polar surface area (TPSA) is 66.7 Å². The van der Waals surface area contributed by atoms with Crippen LogP contribution in [0.2, 0.25) is 0 Å². The molecule has 6 heteroatoms. The zero-order chi connectivity index (χ0) is 20.5. The molecule has 6 nitrogen and oxygen atoms in total.